The largest absolute Gasteiger partial charge is 0.423 e. The summed E-state index contributed by atoms with van der Waals surface area (Å²) in [6.07, 6.45) is 0.651. The topological polar surface area (TPSA) is 38.9 Å². The van der Waals surface area contributed by atoms with Crippen molar-refractivity contribution >= 4 is 11.6 Å². The molecule has 1 aromatic carbocycles. The highest BCUT2D eigenvalue weighted by Gasteiger charge is 2.11. The normalized spacial score (nSPS) is 12.7. The average molecular weight is 237 g/mol. The number of nitrogens with zero attached hydrogens (tertiary/aromatic N) is 2. The van der Waals surface area contributed by atoms with Crippen molar-refractivity contribution in [2.45, 2.75) is 25.6 Å². The van der Waals surface area contributed by atoms with Crippen molar-refractivity contribution < 1.29 is 4.42 Å². The Hall–Kier alpha value is -1.35. The van der Waals surface area contributed by atoms with Gasteiger partial charge in [0.15, 0.2) is 0 Å². The molecule has 3 nitrogen and oxygen atoms in total. The first-order valence-corrected chi connectivity index (χ1v) is 5.60. The Kier molecular flexibility index (Phi) is 3.25. The van der Waals surface area contributed by atoms with Crippen LogP contribution < -0.4 is 0 Å². The zero-order valence-electron chi connectivity index (χ0n) is 9.27. The molecule has 4 heteroatoms. The van der Waals surface area contributed by atoms with Crippen molar-refractivity contribution in [3.63, 3.8) is 0 Å². The van der Waals surface area contributed by atoms with E-state index in [1.165, 1.54) is 5.56 Å². The number of hydrogen-bond donors (Lipinski definition) is 0. The first-order chi connectivity index (χ1) is 7.65. The molecule has 0 saturated heterocycles. The lowest BCUT2D eigenvalue weighted by atomic mass is 10.1. The monoisotopic (exact) mass is 236 g/mol. The summed E-state index contributed by atoms with van der Waals surface area (Å²) in [6.45, 7) is 3.87. The number of aryl methyl sites for hydroxylation is 1. The lowest BCUT2D eigenvalue weighted by Gasteiger charge is -1.98. The highest BCUT2D eigenvalue weighted by molar-refractivity contribution is 6.20. The number of benzene rings is 1. The van der Waals surface area contributed by atoms with E-state index < -0.39 is 0 Å². The zero-order chi connectivity index (χ0) is 11.5. The predicted octanol–water partition coefficient (Wildman–Crippen LogP) is 3.27. The second kappa shape index (κ2) is 4.66. The summed E-state index contributed by atoms with van der Waals surface area (Å²) in [6, 6.07) is 8.23. The summed E-state index contributed by atoms with van der Waals surface area (Å²) in [5, 5.41) is 7.61. The van der Waals surface area contributed by atoms with Crippen LogP contribution in [0.15, 0.2) is 28.7 Å². The van der Waals surface area contributed by atoms with Crippen molar-refractivity contribution in [2.24, 2.45) is 0 Å². The lowest BCUT2D eigenvalue weighted by Crippen LogP contribution is -1.88. The molecule has 2 aromatic rings. The minimum atomic E-state index is -0.237. The van der Waals surface area contributed by atoms with E-state index in [1.807, 2.05) is 19.1 Å². The third-order valence-corrected chi connectivity index (χ3v) is 2.45. The maximum Gasteiger partial charge on any atom is 0.234 e. The average Bonchev–Trinajstić information content (AvgIpc) is 2.66. The summed E-state index contributed by atoms with van der Waals surface area (Å²) in [4.78, 5) is 0. The van der Waals surface area contributed by atoms with Gasteiger partial charge in [-0.1, -0.05) is 29.8 Å². The fourth-order valence-electron chi connectivity index (χ4n) is 1.50. The minimum Gasteiger partial charge on any atom is -0.423 e. The molecular weight excluding hydrogens is 224 g/mol. The zero-order valence-corrected chi connectivity index (χ0v) is 10.0. The first-order valence-electron chi connectivity index (χ1n) is 5.17. The van der Waals surface area contributed by atoms with Gasteiger partial charge in [0.05, 0.1) is 6.42 Å². The fraction of sp³-hybridized carbons (Fsp3) is 0.333. The van der Waals surface area contributed by atoms with Crippen molar-refractivity contribution in [1.82, 2.24) is 10.2 Å². The minimum absolute atomic E-state index is 0.237. The fourth-order valence-corrected chi connectivity index (χ4v) is 1.58. The molecule has 0 N–H and O–H groups in total. The van der Waals surface area contributed by atoms with Crippen LogP contribution in [0.2, 0.25) is 0 Å². The highest BCUT2D eigenvalue weighted by Crippen LogP contribution is 2.18. The molecule has 16 heavy (non-hydrogen) atoms. The maximum absolute atomic E-state index is 5.85. The van der Waals surface area contributed by atoms with Crippen molar-refractivity contribution in [3.05, 3.63) is 47.2 Å². The predicted molar refractivity (Wildman–Crippen MR) is 62.6 cm³/mol. The molecule has 1 atom stereocenters. The van der Waals surface area contributed by atoms with E-state index in [2.05, 4.69) is 29.3 Å². The second-order valence-electron chi connectivity index (χ2n) is 3.82. The molecule has 0 aliphatic carbocycles. The summed E-state index contributed by atoms with van der Waals surface area (Å²) in [7, 11) is 0. The van der Waals surface area contributed by atoms with Crippen LogP contribution in [0.3, 0.4) is 0 Å². The van der Waals surface area contributed by atoms with Crippen LogP contribution in [-0.2, 0) is 6.42 Å². The van der Waals surface area contributed by atoms with E-state index in [1.54, 1.807) is 0 Å². The van der Waals surface area contributed by atoms with Crippen LogP contribution in [0.5, 0.6) is 0 Å². The molecule has 0 aliphatic heterocycles. The van der Waals surface area contributed by atoms with E-state index in [0.717, 1.165) is 5.56 Å². The van der Waals surface area contributed by atoms with E-state index in [-0.39, 0.29) is 5.38 Å². The highest BCUT2D eigenvalue weighted by atomic mass is 35.5. The Labute approximate surface area is 99.5 Å². The third-order valence-electron chi connectivity index (χ3n) is 2.26. The second-order valence-corrected chi connectivity index (χ2v) is 4.47. The molecule has 0 amide bonds. The summed E-state index contributed by atoms with van der Waals surface area (Å²) in [5.41, 5.74) is 2.39. The van der Waals surface area contributed by atoms with Gasteiger partial charge < -0.3 is 4.42 Å². The Morgan fingerprint density at radius 3 is 2.81 bits per heavy atom. The van der Waals surface area contributed by atoms with Crippen LogP contribution in [0.4, 0.5) is 0 Å². The number of hydrogen-bond acceptors (Lipinski definition) is 3. The number of halogens is 1. The quantitative estimate of drug-likeness (QED) is 0.768. The number of alkyl halides is 1. The molecule has 84 valence electrons. The lowest BCUT2D eigenvalue weighted by molar-refractivity contribution is 0.458. The van der Waals surface area contributed by atoms with Gasteiger partial charge in [0.2, 0.25) is 11.8 Å². The SMILES string of the molecule is Cc1cccc(Cc2nnc(C(C)Cl)o2)c1. The Balaban J connectivity index is 2.14. The van der Waals surface area contributed by atoms with Crippen molar-refractivity contribution in [2.75, 3.05) is 0 Å². The number of aromatic nitrogens is 2. The standard InChI is InChI=1S/C12H13ClN2O/c1-8-4-3-5-10(6-8)7-11-14-15-12(16-11)9(2)13/h3-6,9H,7H2,1-2H3. The van der Waals surface area contributed by atoms with Crippen molar-refractivity contribution in [3.8, 4) is 0 Å². The molecule has 0 bridgehead atoms. The first kappa shape index (κ1) is 11.1. The van der Waals surface area contributed by atoms with Gasteiger partial charge in [0.1, 0.15) is 5.38 Å². The van der Waals surface area contributed by atoms with Gasteiger partial charge in [-0.2, -0.15) is 0 Å². The molecular formula is C12H13ClN2O. The molecule has 2 rings (SSSR count). The van der Waals surface area contributed by atoms with Crippen LogP contribution in [0, 0.1) is 6.92 Å². The van der Waals surface area contributed by atoms with E-state index in [0.29, 0.717) is 18.2 Å². The molecule has 0 aliphatic rings. The Morgan fingerprint density at radius 1 is 1.38 bits per heavy atom. The van der Waals surface area contributed by atoms with E-state index in [4.69, 9.17) is 16.0 Å². The number of rotatable bonds is 3. The molecule has 0 fully saturated rings. The van der Waals surface area contributed by atoms with E-state index >= 15 is 0 Å². The molecule has 0 saturated carbocycles. The molecule has 1 aromatic heterocycles. The summed E-state index contributed by atoms with van der Waals surface area (Å²) < 4.78 is 5.43. The molecule has 1 unspecified atom stereocenters. The van der Waals surface area contributed by atoms with Crippen LogP contribution in [0.25, 0.3) is 0 Å². The molecule has 0 radical (unpaired) electrons. The molecule has 0 spiro atoms. The summed E-state index contributed by atoms with van der Waals surface area (Å²) in [5.74, 6) is 1.08. The van der Waals surface area contributed by atoms with Crippen molar-refractivity contribution in [1.29, 1.82) is 0 Å². The van der Waals surface area contributed by atoms with Gasteiger partial charge in [0.25, 0.3) is 0 Å². The Bertz CT molecular complexity index is 479. The Morgan fingerprint density at radius 2 is 2.19 bits per heavy atom. The maximum atomic E-state index is 5.85. The van der Waals surface area contributed by atoms with Gasteiger partial charge in [-0.15, -0.1) is 21.8 Å². The summed E-state index contributed by atoms with van der Waals surface area (Å²) >= 11 is 5.85. The third kappa shape index (κ3) is 2.61. The molecule has 1 heterocycles. The van der Waals surface area contributed by atoms with Gasteiger partial charge >= 0.3 is 0 Å². The van der Waals surface area contributed by atoms with Gasteiger partial charge in [0, 0.05) is 0 Å². The van der Waals surface area contributed by atoms with Gasteiger partial charge in [-0.25, -0.2) is 0 Å². The van der Waals surface area contributed by atoms with Crippen LogP contribution in [-0.4, -0.2) is 10.2 Å². The van der Waals surface area contributed by atoms with E-state index in [9.17, 15) is 0 Å². The van der Waals surface area contributed by atoms with Gasteiger partial charge in [-0.05, 0) is 19.4 Å². The van der Waals surface area contributed by atoms with Gasteiger partial charge in [-0.3, -0.25) is 0 Å². The van der Waals surface area contributed by atoms with Crippen LogP contribution in [0.1, 0.15) is 35.2 Å². The van der Waals surface area contributed by atoms with Crippen LogP contribution >= 0.6 is 11.6 Å². The smallest absolute Gasteiger partial charge is 0.234 e.